The molecule has 0 amide bonds. The molecule has 21 heavy (non-hydrogen) atoms. The number of aromatic hydroxyl groups is 1. The van der Waals surface area contributed by atoms with Crippen LogP contribution in [0.3, 0.4) is 0 Å². The fourth-order valence-electron chi connectivity index (χ4n) is 2.54. The fourth-order valence-corrected chi connectivity index (χ4v) is 3.48. The Kier molecular flexibility index (Phi) is 3.71. The highest BCUT2D eigenvalue weighted by Gasteiger charge is 2.26. The Morgan fingerprint density at radius 3 is 2.90 bits per heavy atom. The normalized spacial score (nSPS) is 13.4. The molecule has 3 nitrogen and oxygen atoms in total. The highest BCUT2D eigenvalue weighted by Crippen LogP contribution is 2.32. The van der Waals surface area contributed by atoms with Crippen LogP contribution in [-0.2, 0) is 18.6 Å². The van der Waals surface area contributed by atoms with Gasteiger partial charge in [-0.05, 0) is 18.9 Å². The van der Waals surface area contributed by atoms with Crippen LogP contribution in [0, 0.1) is 16.8 Å². The van der Waals surface area contributed by atoms with E-state index >= 15 is 0 Å². The van der Waals surface area contributed by atoms with Crippen molar-refractivity contribution in [2.45, 2.75) is 30.0 Å². The maximum absolute atomic E-state index is 13.6. The summed E-state index contributed by atoms with van der Waals surface area (Å²) >= 11 is 1.09. The standard InChI is InChI=1S/C15H13F2NO2S/c16-11-5-1-3-9(15(11)17)8-21-14-7-13(19)10-4-2-6-12(10)18(14)20/h1,3,5,7,19H,2,4,6,8H2. The highest BCUT2D eigenvalue weighted by molar-refractivity contribution is 7.98. The summed E-state index contributed by atoms with van der Waals surface area (Å²) in [5.41, 5.74) is 1.48. The van der Waals surface area contributed by atoms with E-state index < -0.39 is 11.6 Å². The summed E-state index contributed by atoms with van der Waals surface area (Å²) in [6.07, 6.45) is 2.18. The number of thioether (sulfide) groups is 1. The van der Waals surface area contributed by atoms with E-state index in [1.807, 2.05) is 0 Å². The van der Waals surface area contributed by atoms with Crippen molar-refractivity contribution in [2.75, 3.05) is 0 Å². The first-order chi connectivity index (χ1) is 10.1. The number of hydrogen-bond donors (Lipinski definition) is 1. The van der Waals surface area contributed by atoms with Crippen molar-refractivity contribution < 1.29 is 18.6 Å². The van der Waals surface area contributed by atoms with Crippen molar-refractivity contribution in [1.82, 2.24) is 0 Å². The largest absolute Gasteiger partial charge is 0.618 e. The molecule has 1 aromatic heterocycles. The maximum Gasteiger partial charge on any atom is 0.255 e. The molecule has 0 atom stereocenters. The summed E-state index contributed by atoms with van der Waals surface area (Å²) in [4.78, 5) is 0. The second-order valence-corrected chi connectivity index (χ2v) is 5.94. The van der Waals surface area contributed by atoms with Gasteiger partial charge in [-0.25, -0.2) is 8.78 Å². The van der Waals surface area contributed by atoms with Crippen molar-refractivity contribution in [3.8, 4) is 5.75 Å². The van der Waals surface area contributed by atoms with E-state index in [-0.39, 0.29) is 17.1 Å². The van der Waals surface area contributed by atoms with Crippen molar-refractivity contribution in [3.05, 3.63) is 57.9 Å². The van der Waals surface area contributed by atoms with Crippen LogP contribution in [0.5, 0.6) is 5.75 Å². The Morgan fingerprint density at radius 1 is 1.29 bits per heavy atom. The minimum Gasteiger partial charge on any atom is -0.618 e. The number of fused-ring (bicyclic) bond motifs is 1. The lowest BCUT2D eigenvalue weighted by molar-refractivity contribution is -0.653. The van der Waals surface area contributed by atoms with Crippen LogP contribution >= 0.6 is 11.8 Å². The molecule has 0 radical (unpaired) electrons. The van der Waals surface area contributed by atoms with Crippen LogP contribution in [0.1, 0.15) is 23.2 Å². The van der Waals surface area contributed by atoms with Gasteiger partial charge in [0.15, 0.2) is 11.6 Å². The van der Waals surface area contributed by atoms with Crippen molar-refractivity contribution >= 4 is 11.8 Å². The minimum absolute atomic E-state index is 0.108. The number of benzene rings is 1. The third-order valence-corrected chi connectivity index (χ3v) is 4.65. The zero-order valence-corrected chi connectivity index (χ0v) is 11.9. The van der Waals surface area contributed by atoms with Gasteiger partial charge in [-0.3, -0.25) is 0 Å². The van der Waals surface area contributed by atoms with E-state index in [1.54, 1.807) is 0 Å². The van der Waals surface area contributed by atoms with Gasteiger partial charge in [0.05, 0.1) is 11.6 Å². The molecule has 0 bridgehead atoms. The van der Waals surface area contributed by atoms with Crippen LogP contribution in [0.15, 0.2) is 29.3 Å². The van der Waals surface area contributed by atoms with Gasteiger partial charge >= 0.3 is 0 Å². The lowest BCUT2D eigenvalue weighted by Gasteiger charge is -2.10. The summed E-state index contributed by atoms with van der Waals surface area (Å²) in [6, 6.07) is 5.37. The van der Waals surface area contributed by atoms with Crippen LogP contribution < -0.4 is 4.73 Å². The molecule has 6 heteroatoms. The molecule has 0 unspecified atom stereocenters. The topological polar surface area (TPSA) is 47.2 Å². The molecule has 1 aliphatic carbocycles. The zero-order valence-electron chi connectivity index (χ0n) is 11.1. The van der Waals surface area contributed by atoms with Gasteiger partial charge in [0, 0.05) is 17.7 Å². The van der Waals surface area contributed by atoms with Crippen LogP contribution in [0.2, 0.25) is 0 Å². The predicted molar refractivity (Wildman–Crippen MR) is 75.0 cm³/mol. The van der Waals surface area contributed by atoms with Crippen molar-refractivity contribution in [1.29, 1.82) is 0 Å². The van der Waals surface area contributed by atoms with Gasteiger partial charge < -0.3 is 10.3 Å². The number of pyridine rings is 1. The smallest absolute Gasteiger partial charge is 0.255 e. The van der Waals surface area contributed by atoms with E-state index in [9.17, 15) is 19.1 Å². The molecule has 0 aliphatic heterocycles. The SMILES string of the molecule is [O-][n+]1c(SCc2cccc(F)c2F)cc(O)c2c1CCC2. The van der Waals surface area contributed by atoms with Crippen LogP contribution in [-0.4, -0.2) is 5.11 Å². The first-order valence-corrected chi connectivity index (χ1v) is 7.59. The average Bonchev–Trinajstić information content (AvgIpc) is 2.95. The summed E-state index contributed by atoms with van der Waals surface area (Å²) < 4.78 is 27.5. The van der Waals surface area contributed by atoms with E-state index in [2.05, 4.69) is 0 Å². The van der Waals surface area contributed by atoms with Gasteiger partial charge in [-0.1, -0.05) is 23.9 Å². The molecule has 2 aromatic rings. The molecule has 0 spiro atoms. The highest BCUT2D eigenvalue weighted by atomic mass is 32.2. The van der Waals surface area contributed by atoms with E-state index in [1.165, 1.54) is 18.2 Å². The second kappa shape index (κ2) is 5.52. The monoisotopic (exact) mass is 309 g/mol. The van der Waals surface area contributed by atoms with Crippen LogP contribution in [0.25, 0.3) is 0 Å². The number of aromatic nitrogens is 1. The molecule has 0 fully saturated rings. The average molecular weight is 309 g/mol. The number of halogens is 2. The molecular weight excluding hydrogens is 296 g/mol. The number of rotatable bonds is 3. The maximum atomic E-state index is 13.6. The first kappa shape index (κ1) is 14.1. The molecule has 1 heterocycles. The zero-order chi connectivity index (χ0) is 15.0. The van der Waals surface area contributed by atoms with E-state index in [4.69, 9.17) is 0 Å². The molecular formula is C15H13F2NO2S. The third kappa shape index (κ3) is 2.55. The Bertz CT molecular complexity index is 707. The minimum atomic E-state index is -0.903. The van der Waals surface area contributed by atoms with Crippen LogP contribution in [0.4, 0.5) is 8.78 Å². The predicted octanol–water partition coefficient (Wildman–Crippen LogP) is 3.08. The van der Waals surface area contributed by atoms with Crippen molar-refractivity contribution in [2.24, 2.45) is 0 Å². The Hall–Kier alpha value is -1.82. The molecule has 1 aromatic carbocycles. The van der Waals surface area contributed by atoms with Gasteiger partial charge in [0.1, 0.15) is 5.75 Å². The molecule has 0 saturated carbocycles. The second-order valence-electron chi connectivity index (χ2n) is 4.94. The third-order valence-electron chi connectivity index (χ3n) is 3.61. The molecule has 0 saturated heterocycles. The summed E-state index contributed by atoms with van der Waals surface area (Å²) in [7, 11) is 0. The lowest BCUT2D eigenvalue weighted by Crippen LogP contribution is -2.34. The number of hydrogen-bond acceptors (Lipinski definition) is 3. The molecule has 3 rings (SSSR count). The molecule has 110 valence electrons. The number of nitrogens with zero attached hydrogens (tertiary/aromatic N) is 1. The quantitative estimate of drug-likeness (QED) is 0.538. The van der Waals surface area contributed by atoms with Gasteiger partial charge in [-0.15, -0.1) is 0 Å². The Balaban J connectivity index is 1.86. The van der Waals surface area contributed by atoms with Gasteiger partial charge in [0.2, 0.25) is 5.69 Å². The van der Waals surface area contributed by atoms with Crippen molar-refractivity contribution in [3.63, 3.8) is 0 Å². The van der Waals surface area contributed by atoms with Gasteiger partial charge in [0.25, 0.3) is 5.03 Å². The van der Waals surface area contributed by atoms with E-state index in [0.717, 1.165) is 29.0 Å². The molecule has 1 N–H and O–H groups in total. The van der Waals surface area contributed by atoms with Gasteiger partial charge in [-0.2, -0.15) is 4.73 Å². The summed E-state index contributed by atoms with van der Waals surface area (Å²) in [5.74, 6) is -1.56. The Morgan fingerprint density at radius 2 is 2.10 bits per heavy atom. The molecule has 1 aliphatic rings. The first-order valence-electron chi connectivity index (χ1n) is 6.61. The summed E-state index contributed by atoms with van der Waals surface area (Å²) in [6.45, 7) is 0. The summed E-state index contributed by atoms with van der Waals surface area (Å²) in [5, 5.41) is 22.4. The Labute approximate surface area is 124 Å². The fraction of sp³-hybridized carbons (Fsp3) is 0.267. The lowest BCUT2D eigenvalue weighted by atomic mass is 10.2. The van der Waals surface area contributed by atoms with E-state index in [0.29, 0.717) is 29.1 Å².